The van der Waals surface area contributed by atoms with Gasteiger partial charge in [-0.15, -0.1) is 0 Å². The number of fused-ring (bicyclic) bond motifs is 1. The number of carbonyl (C=O) groups excluding carboxylic acids is 1. The summed E-state index contributed by atoms with van der Waals surface area (Å²) >= 11 is 0. The van der Waals surface area contributed by atoms with E-state index in [9.17, 15) is 14.7 Å². The second-order valence-corrected chi connectivity index (χ2v) is 6.64. The Kier molecular flexibility index (Phi) is 5.49. The maximum absolute atomic E-state index is 12.5. The average Bonchev–Trinajstić information content (AvgIpc) is 2.62. The van der Waals surface area contributed by atoms with E-state index in [1.807, 2.05) is 42.5 Å². The molecule has 1 amide bonds. The topological polar surface area (TPSA) is 66.4 Å². The summed E-state index contributed by atoms with van der Waals surface area (Å²) in [5, 5.41) is 12.1. The van der Waals surface area contributed by atoms with Crippen LogP contribution in [0.5, 0.6) is 0 Å². The molecule has 0 bridgehead atoms. The molecule has 2 aromatic rings. The van der Waals surface area contributed by atoms with Crippen LogP contribution in [0.4, 0.5) is 0 Å². The van der Waals surface area contributed by atoms with Crippen molar-refractivity contribution in [3.63, 3.8) is 0 Å². The van der Waals surface area contributed by atoms with Crippen LogP contribution in [0.25, 0.3) is 0 Å². The number of rotatable bonds is 6. The van der Waals surface area contributed by atoms with Gasteiger partial charge >= 0.3 is 5.97 Å². The van der Waals surface area contributed by atoms with Crippen molar-refractivity contribution < 1.29 is 14.7 Å². The van der Waals surface area contributed by atoms with Crippen molar-refractivity contribution in [3.05, 3.63) is 71.3 Å². The lowest BCUT2D eigenvalue weighted by atomic mass is 9.81. The molecule has 1 aliphatic rings. The number of hydrogen-bond donors (Lipinski definition) is 2. The van der Waals surface area contributed by atoms with Gasteiger partial charge in [-0.05, 0) is 41.9 Å². The van der Waals surface area contributed by atoms with Gasteiger partial charge in [0.1, 0.15) is 6.04 Å². The zero-order chi connectivity index (χ0) is 17.6. The fourth-order valence-corrected chi connectivity index (χ4v) is 3.59. The van der Waals surface area contributed by atoms with E-state index in [0.29, 0.717) is 12.8 Å². The van der Waals surface area contributed by atoms with E-state index < -0.39 is 12.0 Å². The molecule has 3 rings (SSSR count). The van der Waals surface area contributed by atoms with E-state index in [-0.39, 0.29) is 11.8 Å². The summed E-state index contributed by atoms with van der Waals surface area (Å²) in [5.41, 5.74) is 3.45. The summed E-state index contributed by atoms with van der Waals surface area (Å²) in [5.74, 6) is -1.01. The lowest BCUT2D eigenvalue weighted by Gasteiger charge is -2.25. The molecule has 0 radical (unpaired) electrons. The zero-order valence-corrected chi connectivity index (χ0v) is 14.2. The molecule has 1 unspecified atom stereocenters. The largest absolute Gasteiger partial charge is 0.480 e. The molecular formula is C21H23NO3. The van der Waals surface area contributed by atoms with Crippen LogP contribution < -0.4 is 5.32 Å². The molecule has 1 aliphatic carbocycles. The highest BCUT2D eigenvalue weighted by Gasteiger charge is 2.25. The number of benzene rings is 2. The summed E-state index contributed by atoms with van der Waals surface area (Å²) in [6, 6.07) is 16.7. The first-order valence-electron chi connectivity index (χ1n) is 8.77. The van der Waals surface area contributed by atoms with Crippen LogP contribution in [0.3, 0.4) is 0 Å². The second-order valence-electron chi connectivity index (χ2n) is 6.64. The minimum absolute atomic E-state index is 0.177. The van der Waals surface area contributed by atoms with Gasteiger partial charge in [0.05, 0.1) is 0 Å². The molecule has 0 saturated heterocycles. The fourth-order valence-electron chi connectivity index (χ4n) is 3.59. The third kappa shape index (κ3) is 4.47. The van der Waals surface area contributed by atoms with E-state index >= 15 is 0 Å². The van der Waals surface area contributed by atoms with Gasteiger partial charge in [-0.25, -0.2) is 4.79 Å². The molecule has 2 N–H and O–H groups in total. The van der Waals surface area contributed by atoms with Gasteiger partial charge < -0.3 is 10.4 Å². The Bertz CT molecular complexity index is 742. The molecule has 25 heavy (non-hydrogen) atoms. The highest BCUT2D eigenvalue weighted by Crippen LogP contribution is 2.33. The second kappa shape index (κ2) is 7.97. The van der Waals surface area contributed by atoms with Crippen LogP contribution in [0, 0.1) is 0 Å². The zero-order valence-electron chi connectivity index (χ0n) is 14.2. The van der Waals surface area contributed by atoms with E-state index in [1.54, 1.807) is 0 Å². The van der Waals surface area contributed by atoms with Gasteiger partial charge in [0.2, 0.25) is 5.91 Å². The molecule has 0 aliphatic heterocycles. The quantitative estimate of drug-likeness (QED) is 0.850. The Morgan fingerprint density at radius 3 is 2.56 bits per heavy atom. The van der Waals surface area contributed by atoms with E-state index in [2.05, 4.69) is 17.4 Å². The van der Waals surface area contributed by atoms with E-state index in [1.165, 1.54) is 11.1 Å². The molecule has 130 valence electrons. The van der Waals surface area contributed by atoms with Gasteiger partial charge in [0, 0.05) is 12.8 Å². The van der Waals surface area contributed by atoms with Crippen molar-refractivity contribution in [3.8, 4) is 0 Å². The van der Waals surface area contributed by atoms with Crippen molar-refractivity contribution in [1.82, 2.24) is 5.32 Å². The Hall–Kier alpha value is -2.62. The highest BCUT2D eigenvalue weighted by molar-refractivity contribution is 5.84. The predicted molar refractivity (Wildman–Crippen MR) is 96.5 cm³/mol. The Balaban J connectivity index is 1.64. The Labute approximate surface area is 147 Å². The van der Waals surface area contributed by atoms with Gasteiger partial charge in [0.15, 0.2) is 0 Å². The van der Waals surface area contributed by atoms with Gasteiger partial charge in [-0.2, -0.15) is 0 Å². The molecule has 2 aromatic carbocycles. The van der Waals surface area contributed by atoms with Crippen LogP contribution in [0.1, 0.15) is 41.9 Å². The molecule has 4 heteroatoms. The van der Waals surface area contributed by atoms with Crippen LogP contribution >= 0.6 is 0 Å². The molecule has 0 saturated carbocycles. The summed E-state index contributed by atoms with van der Waals surface area (Å²) < 4.78 is 0. The number of carboxylic acids is 1. The summed E-state index contributed by atoms with van der Waals surface area (Å²) in [4.78, 5) is 24.0. The van der Waals surface area contributed by atoms with Crippen molar-refractivity contribution >= 4 is 11.9 Å². The fraction of sp³-hybridized carbons (Fsp3) is 0.333. The normalized spacial score (nSPS) is 17.4. The molecule has 0 spiro atoms. The number of amides is 1. The SMILES string of the molecule is O=C(CC1CCCc2ccccc21)N[C@@H](Cc1ccccc1)C(=O)O. The number of aryl methyl sites for hydroxylation is 1. The monoisotopic (exact) mass is 337 g/mol. The highest BCUT2D eigenvalue weighted by atomic mass is 16.4. The summed E-state index contributed by atoms with van der Waals surface area (Å²) in [6.45, 7) is 0. The minimum Gasteiger partial charge on any atom is -0.480 e. The molecule has 2 atom stereocenters. The maximum Gasteiger partial charge on any atom is 0.326 e. The van der Waals surface area contributed by atoms with Crippen LogP contribution in [-0.2, 0) is 22.4 Å². The summed E-state index contributed by atoms with van der Waals surface area (Å²) in [6.07, 6.45) is 3.74. The van der Waals surface area contributed by atoms with Crippen molar-refractivity contribution in [1.29, 1.82) is 0 Å². The van der Waals surface area contributed by atoms with Crippen molar-refractivity contribution in [2.24, 2.45) is 0 Å². The van der Waals surface area contributed by atoms with Gasteiger partial charge in [-0.3, -0.25) is 4.79 Å². The first kappa shape index (κ1) is 17.2. The smallest absolute Gasteiger partial charge is 0.326 e. The average molecular weight is 337 g/mol. The number of carboxylic acid groups (broad SMARTS) is 1. The number of nitrogens with one attached hydrogen (secondary N) is 1. The third-order valence-electron chi connectivity index (χ3n) is 4.84. The third-order valence-corrected chi connectivity index (χ3v) is 4.84. The number of aliphatic carboxylic acids is 1. The van der Waals surface area contributed by atoms with Crippen LogP contribution in [0.15, 0.2) is 54.6 Å². The predicted octanol–water partition coefficient (Wildman–Crippen LogP) is 3.31. The van der Waals surface area contributed by atoms with Crippen LogP contribution in [-0.4, -0.2) is 23.0 Å². The number of hydrogen-bond acceptors (Lipinski definition) is 2. The Morgan fingerprint density at radius 2 is 1.80 bits per heavy atom. The van der Waals surface area contributed by atoms with Crippen molar-refractivity contribution in [2.45, 2.75) is 44.1 Å². The summed E-state index contributed by atoms with van der Waals surface area (Å²) in [7, 11) is 0. The lowest BCUT2D eigenvalue weighted by Crippen LogP contribution is -2.42. The maximum atomic E-state index is 12.5. The first-order valence-corrected chi connectivity index (χ1v) is 8.77. The molecular weight excluding hydrogens is 314 g/mol. The molecule has 0 heterocycles. The molecule has 0 fully saturated rings. The van der Waals surface area contributed by atoms with Crippen molar-refractivity contribution in [2.75, 3.05) is 0 Å². The molecule has 4 nitrogen and oxygen atoms in total. The molecule has 0 aromatic heterocycles. The minimum atomic E-state index is -0.999. The lowest BCUT2D eigenvalue weighted by molar-refractivity contribution is -0.141. The Morgan fingerprint density at radius 1 is 1.08 bits per heavy atom. The standard InChI is InChI=1S/C21H23NO3/c23-20(14-17-11-6-10-16-9-4-5-12-18(16)17)22-19(21(24)25)13-15-7-2-1-3-8-15/h1-5,7-9,12,17,19H,6,10-11,13-14H2,(H,22,23)(H,24,25)/t17?,19-/m0/s1. The van der Waals surface area contributed by atoms with E-state index in [0.717, 1.165) is 24.8 Å². The van der Waals surface area contributed by atoms with Gasteiger partial charge in [-0.1, -0.05) is 54.6 Å². The number of carbonyl (C=O) groups is 2. The van der Waals surface area contributed by atoms with Crippen LogP contribution in [0.2, 0.25) is 0 Å². The first-order chi connectivity index (χ1) is 12.1. The van der Waals surface area contributed by atoms with Gasteiger partial charge in [0.25, 0.3) is 0 Å². The van der Waals surface area contributed by atoms with E-state index in [4.69, 9.17) is 0 Å².